The predicted molar refractivity (Wildman–Crippen MR) is 107 cm³/mol. The van der Waals surface area contributed by atoms with Gasteiger partial charge in [0.1, 0.15) is 5.82 Å². The molecule has 2 aromatic carbocycles. The number of sulfonamides is 1. The molecular formula is C20H26FNO2S2. The zero-order chi connectivity index (χ0) is 19.5. The first-order chi connectivity index (χ1) is 12.1. The third-order valence-corrected chi connectivity index (χ3v) is 7.15. The minimum atomic E-state index is -3.62. The largest absolute Gasteiger partial charge is 0.241 e. The molecule has 0 aromatic heterocycles. The Hall–Kier alpha value is -1.37. The van der Waals surface area contributed by atoms with E-state index in [-0.39, 0.29) is 17.8 Å². The summed E-state index contributed by atoms with van der Waals surface area (Å²) >= 11 is 1.52. The van der Waals surface area contributed by atoms with E-state index in [4.69, 9.17) is 0 Å². The lowest BCUT2D eigenvalue weighted by atomic mass is 10.1. The molecule has 2 aromatic rings. The van der Waals surface area contributed by atoms with Crippen molar-refractivity contribution in [3.8, 4) is 0 Å². The minimum Gasteiger partial charge on any atom is -0.207 e. The third kappa shape index (κ3) is 5.32. The van der Waals surface area contributed by atoms with Gasteiger partial charge in [0.2, 0.25) is 10.0 Å². The van der Waals surface area contributed by atoms with Gasteiger partial charge >= 0.3 is 0 Å². The van der Waals surface area contributed by atoms with Crippen LogP contribution in [0.5, 0.6) is 0 Å². The summed E-state index contributed by atoms with van der Waals surface area (Å²) in [5, 5.41) is 0. The van der Waals surface area contributed by atoms with Gasteiger partial charge < -0.3 is 0 Å². The molecule has 0 bridgehead atoms. The van der Waals surface area contributed by atoms with Gasteiger partial charge in [-0.3, -0.25) is 0 Å². The van der Waals surface area contributed by atoms with Crippen LogP contribution < -0.4 is 4.72 Å². The fraction of sp³-hybridized carbons (Fsp3) is 0.400. The topological polar surface area (TPSA) is 46.2 Å². The SMILES string of the molecule is Cc1cc(C)c(S(=O)(=O)NC(CSc2ccc(F)cc2)C(C)C)c(C)c1. The van der Waals surface area contributed by atoms with E-state index in [1.807, 2.05) is 46.8 Å². The van der Waals surface area contributed by atoms with Gasteiger partial charge in [0.05, 0.1) is 4.90 Å². The Kier molecular flexibility index (Phi) is 6.88. The highest BCUT2D eigenvalue weighted by Gasteiger charge is 2.25. The van der Waals surface area contributed by atoms with Crippen LogP contribution >= 0.6 is 11.8 Å². The molecule has 1 N–H and O–H groups in total. The van der Waals surface area contributed by atoms with E-state index in [2.05, 4.69) is 4.72 Å². The van der Waals surface area contributed by atoms with Gasteiger partial charge in [-0.1, -0.05) is 31.5 Å². The second kappa shape index (κ2) is 8.55. The van der Waals surface area contributed by atoms with Crippen LogP contribution in [0.2, 0.25) is 0 Å². The smallest absolute Gasteiger partial charge is 0.207 e. The van der Waals surface area contributed by atoms with Gasteiger partial charge in [-0.05, 0) is 62.1 Å². The number of rotatable bonds is 7. The molecule has 0 fully saturated rings. The van der Waals surface area contributed by atoms with Crippen molar-refractivity contribution >= 4 is 21.8 Å². The normalized spacial score (nSPS) is 13.2. The molecule has 0 saturated carbocycles. The maximum atomic E-state index is 13.0. The first-order valence-electron chi connectivity index (χ1n) is 8.58. The Morgan fingerprint density at radius 3 is 2.08 bits per heavy atom. The van der Waals surface area contributed by atoms with E-state index in [0.29, 0.717) is 10.6 Å². The molecule has 0 spiro atoms. The number of hydrogen-bond acceptors (Lipinski definition) is 3. The van der Waals surface area contributed by atoms with Crippen molar-refractivity contribution in [2.45, 2.75) is 50.5 Å². The van der Waals surface area contributed by atoms with Gasteiger partial charge in [-0.25, -0.2) is 17.5 Å². The Balaban J connectivity index is 2.19. The highest BCUT2D eigenvalue weighted by Crippen LogP contribution is 2.25. The fourth-order valence-electron chi connectivity index (χ4n) is 2.93. The standard InChI is InChI=1S/C20H26FNO2S2/c1-13(2)19(12-25-18-8-6-17(21)7-9-18)22-26(23,24)20-15(4)10-14(3)11-16(20)5/h6-11,13,19,22H,12H2,1-5H3. The number of halogens is 1. The molecule has 6 heteroatoms. The first-order valence-corrected chi connectivity index (χ1v) is 11.1. The van der Waals surface area contributed by atoms with E-state index in [1.165, 1.54) is 23.9 Å². The fourth-order valence-corrected chi connectivity index (χ4v) is 6.04. The number of benzene rings is 2. The Bertz CT molecular complexity index is 839. The predicted octanol–water partition coefficient (Wildman–Crippen LogP) is 4.85. The lowest BCUT2D eigenvalue weighted by Crippen LogP contribution is -2.40. The summed E-state index contributed by atoms with van der Waals surface area (Å²) in [6, 6.07) is 9.79. The van der Waals surface area contributed by atoms with Crippen LogP contribution in [0.15, 0.2) is 46.2 Å². The monoisotopic (exact) mass is 395 g/mol. The molecule has 0 aliphatic carbocycles. The number of hydrogen-bond donors (Lipinski definition) is 1. The van der Waals surface area contributed by atoms with Crippen LogP contribution in [0.1, 0.15) is 30.5 Å². The van der Waals surface area contributed by atoms with Crippen LogP contribution in [0, 0.1) is 32.5 Å². The van der Waals surface area contributed by atoms with Crippen molar-refractivity contribution in [1.82, 2.24) is 4.72 Å². The second-order valence-electron chi connectivity index (χ2n) is 6.96. The summed E-state index contributed by atoms with van der Waals surface area (Å²) in [5.74, 6) is 0.427. The van der Waals surface area contributed by atoms with Crippen molar-refractivity contribution < 1.29 is 12.8 Å². The van der Waals surface area contributed by atoms with Gasteiger partial charge in [-0.2, -0.15) is 0 Å². The minimum absolute atomic E-state index is 0.129. The zero-order valence-electron chi connectivity index (χ0n) is 15.8. The first kappa shape index (κ1) is 20.9. The Labute approximate surface area is 160 Å². The maximum absolute atomic E-state index is 13.0. The van der Waals surface area contributed by atoms with Gasteiger partial charge in [0, 0.05) is 16.7 Å². The summed E-state index contributed by atoms with van der Waals surface area (Å²) in [7, 11) is -3.62. The third-order valence-electron chi connectivity index (χ3n) is 4.23. The van der Waals surface area contributed by atoms with Crippen molar-refractivity contribution in [3.05, 3.63) is 58.9 Å². The average molecular weight is 396 g/mol. The van der Waals surface area contributed by atoms with Gasteiger partial charge in [0.25, 0.3) is 0 Å². The molecule has 1 atom stereocenters. The maximum Gasteiger partial charge on any atom is 0.241 e. The van der Waals surface area contributed by atoms with Crippen molar-refractivity contribution in [1.29, 1.82) is 0 Å². The number of aryl methyl sites for hydroxylation is 3. The van der Waals surface area contributed by atoms with E-state index >= 15 is 0 Å². The van der Waals surface area contributed by atoms with Crippen LogP contribution in [0.4, 0.5) is 4.39 Å². The van der Waals surface area contributed by atoms with Crippen molar-refractivity contribution in [2.24, 2.45) is 5.92 Å². The summed E-state index contributed by atoms with van der Waals surface area (Å²) in [4.78, 5) is 1.28. The van der Waals surface area contributed by atoms with Crippen LogP contribution in [0.25, 0.3) is 0 Å². The van der Waals surface area contributed by atoms with Gasteiger partial charge in [-0.15, -0.1) is 11.8 Å². The van der Waals surface area contributed by atoms with Crippen molar-refractivity contribution in [3.63, 3.8) is 0 Å². The lowest BCUT2D eigenvalue weighted by Gasteiger charge is -2.23. The van der Waals surface area contributed by atoms with Crippen LogP contribution in [-0.4, -0.2) is 20.2 Å². The molecule has 0 amide bonds. The number of nitrogens with one attached hydrogen (secondary N) is 1. The molecule has 0 aliphatic rings. The van der Waals surface area contributed by atoms with Crippen LogP contribution in [-0.2, 0) is 10.0 Å². The molecule has 1 unspecified atom stereocenters. The highest BCUT2D eigenvalue weighted by atomic mass is 32.2. The molecule has 2 rings (SSSR count). The summed E-state index contributed by atoms with van der Waals surface area (Å²) in [6.45, 7) is 9.60. The molecular weight excluding hydrogens is 369 g/mol. The Morgan fingerprint density at radius 2 is 1.58 bits per heavy atom. The van der Waals surface area contributed by atoms with E-state index in [1.54, 1.807) is 12.1 Å². The molecule has 0 heterocycles. The van der Waals surface area contributed by atoms with Crippen molar-refractivity contribution in [2.75, 3.05) is 5.75 Å². The molecule has 3 nitrogen and oxygen atoms in total. The van der Waals surface area contributed by atoms with Gasteiger partial charge in [0.15, 0.2) is 0 Å². The van der Waals surface area contributed by atoms with E-state index in [0.717, 1.165) is 21.6 Å². The Morgan fingerprint density at radius 1 is 1.04 bits per heavy atom. The van der Waals surface area contributed by atoms with E-state index < -0.39 is 10.0 Å². The molecule has 0 saturated heterocycles. The highest BCUT2D eigenvalue weighted by molar-refractivity contribution is 7.99. The zero-order valence-corrected chi connectivity index (χ0v) is 17.5. The quantitative estimate of drug-likeness (QED) is 0.682. The molecule has 0 aliphatic heterocycles. The second-order valence-corrected chi connectivity index (χ2v) is 9.71. The van der Waals surface area contributed by atoms with E-state index in [9.17, 15) is 12.8 Å². The lowest BCUT2D eigenvalue weighted by molar-refractivity contribution is 0.481. The molecule has 26 heavy (non-hydrogen) atoms. The average Bonchev–Trinajstić information content (AvgIpc) is 2.51. The summed E-state index contributed by atoms with van der Waals surface area (Å²) < 4.78 is 41.9. The number of thioether (sulfide) groups is 1. The summed E-state index contributed by atoms with van der Waals surface area (Å²) in [5.41, 5.74) is 2.55. The summed E-state index contributed by atoms with van der Waals surface area (Å²) in [6.07, 6.45) is 0. The van der Waals surface area contributed by atoms with Crippen LogP contribution in [0.3, 0.4) is 0 Å². The molecule has 0 radical (unpaired) electrons. The molecule has 142 valence electrons.